The van der Waals surface area contributed by atoms with E-state index < -0.39 is 9.05 Å². The van der Waals surface area contributed by atoms with Gasteiger partial charge in [-0.15, -0.1) is 0 Å². The second-order valence-electron chi connectivity index (χ2n) is 5.20. The molecule has 0 saturated heterocycles. The Balaban J connectivity index is 2.58. The Morgan fingerprint density at radius 2 is 1.84 bits per heavy atom. The van der Waals surface area contributed by atoms with Gasteiger partial charge in [-0.05, 0) is 11.0 Å². The molecule has 5 nitrogen and oxygen atoms in total. The van der Waals surface area contributed by atoms with Crippen molar-refractivity contribution >= 4 is 19.7 Å². The molecule has 0 aliphatic heterocycles. The summed E-state index contributed by atoms with van der Waals surface area (Å²) < 4.78 is 22.4. The zero-order valence-electron chi connectivity index (χ0n) is 10.8. The lowest BCUT2D eigenvalue weighted by atomic mass is 9.83. The lowest BCUT2D eigenvalue weighted by Crippen LogP contribution is -2.12. The van der Waals surface area contributed by atoms with Crippen LogP contribution in [-0.4, -0.2) is 23.6 Å². The molecule has 1 aromatic carbocycles. The molecule has 0 aliphatic carbocycles. The second kappa shape index (κ2) is 4.61. The van der Waals surface area contributed by atoms with Gasteiger partial charge in [0, 0.05) is 16.2 Å². The normalized spacial score (nSPS) is 12.6. The second-order valence-corrected chi connectivity index (χ2v) is 7.68. The highest BCUT2D eigenvalue weighted by Gasteiger charge is 2.22. The molecule has 0 fully saturated rings. The first-order valence-electron chi connectivity index (χ1n) is 5.66. The van der Waals surface area contributed by atoms with Crippen LogP contribution in [-0.2, 0) is 14.5 Å². The molecule has 0 saturated carbocycles. The summed E-state index contributed by atoms with van der Waals surface area (Å²) in [6.07, 6.45) is 0. The van der Waals surface area contributed by atoms with Crippen molar-refractivity contribution in [2.75, 3.05) is 0 Å². The van der Waals surface area contributed by atoms with Gasteiger partial charge in [0.25, 0.3) is 14.2 Å². The SMILES string of the molecule is CC(C)(C)c1ccccc1-c1n[nH]c(S(=O)(=O)Cl)n1. The molecule has 19 heavy (non-hydrogen) atoms. The van der Waals surface area contributed by atoms with Crippen molar-refractivity contribution in [1.29, 1.82) is 0 Å². The Kier molecular flexibility index (Phi) is 3.40. The van der Waals surface area contributed by atoms with Gasteiger partial charge in [0.1, 0.15) is 0 Å². The van der Waals surface area contributed by atoms with Crippen LogP contribution < -0.4 is 0 Å². The van der Waals surface area contributed by atoms with Crippen LogP contribution in [0.15, 0.2) is 29.4 Å². The van der Waals surface area contributed by atoms with Crippen LogP contribution in [0.1, 0.15) is 26.3 Å². The van der Waals surface area contributed by atoms with E-state index in [0.717, 1.165) is 11.1 Å². The summed E-state index contributed by atoms with van der Waals surface area (Å²) in [5, 5.41) is 5.93. The quantitative estimate of drug-likeness (QED) is 0.865. The van der Waals surface area contributed by atoms with E-state index in [1.807, 2.05) is 24.3 Å². The highest BCUT2D eigenvalue weighted by molar-refractivity contribution is 8.13. The first kappa shape index (κ1) is 14.0. The summed E-state index contributed by atoms with van der Waals surface area (Å²) in [5.74, 6) is 0.324. The zero-order valence-corrected chi connectivity index (χ0v) is 12.4. The molecule has 1 heterocycles. The van der Waals surface area contributed by atoms with Crippen LogP contribution in [0, 0.1) is 0 Å². The monoisotopic (exact) mass is 299 g/mol. The molecule has 2 aromatic rings. The predicted octanol–water partition coefficient (Wildman–Crippen LogP) is 2.70. The van der Waals surface area contributed by atoms with Crippen LogP contribution in [0.5, 0.6) is 0 Å². The first-order chi connectivity index (χ1) is 8.69. The molecule has 2 rings (SSSR count). The van der Waals surface area contributed by atoms with Gasteiger partial charge in [-0.2, -0.15) is 10.1 Å². The summed E-state index contributed by atoms with van der Waals surface area (Å²) in [6.45, 7) is 6.20. The van der Waals surface area contributed by atoms with Crippen LogP contribution in [0.4, 0.5) is 0 Å². The number of nitrogens with one attached hydrogen (secondary N) is 1. The maximum absolute atomic E-state index is 11.2. The minimum atomic E-state index is -3.90. The summed E-state index contributed by atoms with van der Waals surface area (Å²) >= 11 is 0. The highest BCUT2D eigenvalue weighted by atomic mass is 35.7. The van der Waals surface area contributed by atoms with E-state index in [4.69, 9.17) is 10.7 Å². The Bertz CT molecular complexity index is 702. The number of halogens is 1. The fourth-order valence-electron chi connectivity index (χ4n) is 1.81. The van der Waals surface area contributed by atoms with E-state index >= 15 is 0 Å². The summed E-state index contributed by atoms with van der Waals surface area (Å²) in [5.41, 5.74) is 1.72. The molecular weight excluding hydrogens is 286 g/mol. The molecule has 0 unspecified atom stereocenters. The standard InChI is InChI=1S/C12H14ClN3O2S/c1-12(2,3)9-7-5-4-6-8(9)10-14-11(16-15-10)19(13,17)18/h4-7H,1-3H3,(H,14,15,16). The van der Waals surface area contributed by atoms with Crippen molar-refractivity contribution in [3.05, 3.63) is 29.8 Å². The van der Waals surface area contributed by atoms with Crippen molar-refractivity contribution in [1.82, 2.24) is 15.2 Å². The maximum atomic E-state index is 11.2. The molecule has 0 bridgehead atoms. The molecule has 0 radical (unpaired) electrons. The van der Waals surface area contributed by atoms with Gasteiger partial charge in [-0.25, -0.2) is 13.5 Å². The van der Waals surface area contributed by atoms with Crippen LogP contribution >= 0.6 is 10.7 Å². The third-order valence-corrected chi connectivity index (χ3v) is 3.75. The highest BCUT2D eigenvalue weighted by Crippen LogP contribution is 2.31. The Labute approximate surface area is 116 Å². The zero-order chi connectivity index (χ0) is 14.3. The fraction of sp³-hybridized carbons (Fsp3) is 0.333. The van der Waals surface area contributed by atoms with Gasteiger partial charge in [0.2, 0.25) is 0 Å². The van der Waals surface area contributed by atoms with E-state index in [1.54, 1.807) is 0 Å². The minimum Gasteiger partial charge on any atom is -0.248 e. The molecule has 0 amide bonds. The third-order valence-electron chi connectivity index (χ3n) is 2.67. The van der Waals surface area contributed by atoms with Crippen LogP contribution in [0.25, 0.3) is 11.4 Å². The van der Waals surface area contributed by atoms with Gasteiger partial charge >= 0.3 is 0 Å². The van der Waals surface area contributed by atoms with Gasteiger partial charge in [0.15, 0.2) is 5.82 Å². The van der Waals surface area contributed by atoms with Gasteiger partial charge in [0.05, 0.1) is 0 Å². The Hall–Kier alpha value is -1.40. The molecular formula is C12H14ClN3O2S. The average Bonchev–Trinajstić information content (AvgIpc) is 2.76. The minimum absolute atomic E-state index is 0.1000. The van der Waals surface area contributed by atoms with E-state index in [9.17, 15) is 8.42 Å². The van der Waals surface area contributed by atoms with Gasteiger partial charge < -0.3 is 0 Å². The molecule has 0 atom stereocenters. The van der Waals surface area contributed by atoms with E-state index in [-0.39, 0.29) is 10.6 Å². The number of aromatic nitrogens is 3. The number of H-pyrrole nitrogens is 1. The number of nitrogens with zero attached hydrogens (tertiary/aromatic N) is 2. The number of aromatic amines is 1. The van der Waals surface area contributed by atoms with E-state index in [1.165, 1.54) is 0 Å². The summed E-state index contributed by atoms with van der Waals surface area (Å²) in [6, 6.07) is 7.61. The smallest absolute Gasteiger partial charge is 0.248 e. The van der Waals surface area contributed by atoms with Crippen molar-refractivity contribution in [2.45, 2.75) is 31.3 Å². The van der Waals surface area contributed by atoms with E-state index in [2.05, 4.69) is 36.0 Å². The van der Waals surface area contributed by atoms with Crippen LogP contribution in [0.2, 0.25) is 0 Å². The number of benzene rings is 1. The number of hydrogen-bond acceptors (Lipinski definition) is 4. The molecule has 1 N–H and O–H groups in total. The summed E-state index contributed by atoms with van der Waals surface area (Å²) in [4.78, 5) is 3.94. The van der Waals surface area contributed by atoms with Crippen molar-refractivity contribution in [3.8, 4) is 11.4 Å². The van der Waals surface area contributed by atoms with Gasteiger partial charge in [-0.3, -0.25) is 0 Å². The fourth-order valence-corrected chi connectivity index (χ4v) is 2.37. The maximum Gasteiger partial charge on any atom is 0.296 e. The number of rotatable bonds is 2. The number of hydrogen-bond donors (Lipinski definition) is 1. The third kappa shape index (κ3) is 2.96. The molecule has 7 heteroatoms. The predicted molar refractivity (Wildman–Crippen MR) is 73.6 cm³/mol. The topological polar surface area (TPSA) is 75.7 Å². The summed E-state index contributed by atoms with van der Waals surface area (Å²) in [7, 11) is 1.33. The van der Waals surface area contributed by atoms with Crippen LogP contribution in [0.3, 0.4) is 0 Å². The Morgan fingerprint density at radius 3 is 2.37 bits per heavy atom. The lowest BCUT2D eigenvalue weighted by Gasteiger charge is -2.21. The Morgan fingerprint density at radius 1 is 1.21 bits per heavy atom. The van der Waals surface area contributed by atoms with Gasteiger partial charge in [-0.1, -0.05) is 45.0 Å². The molecule has 102 valence electrons. The lowest BCUT2D eigenvalue weighted by molar-refractivity contribution is 0.591. The molecule has 1 aromatic heterocycles. The van der Waals surface area contributed by atoms with Crippen molar-refractivity contribution in [3.63, 3.8) is 0 Å². The average molecular weight is 300 g/mol. The van der Waals surface area contributed by atoms with Crippen molar-refractivity contribution < 1.29 is 8.42 Å². The first-order valence-corrected chi connectivity index (χ1v) is 7.97. The molecule has 0 spiro atoms. The van der Waals surface area contributed by atoms with E-state index in [0.29, 0.717) is 5.82 Å². The van der Waals surface area contributed by atoms with Crippen molar-refractivity contribution in [2.24, 2.45) is 0 Å². The largest absolute Gasteiger partial charge is 0.296 e. The molecule has 0 aliphatic rings.